The molecule has 0 saturated heterocycles. The summed E-state index contributed by atoms with van der Waals surface area (Å²) in [6.07, 6.45) is 5.12. The Hall–Kier alpha value is -2.01. The molecular weight excluding hydrogens is 240 g/mol. The van der Waals surface area contributed by atoms with Crippen molar-refractivity contribution >= 4 is 0 Å². The van der Waals surface area contributed by atoms with Crippen LogP contribution in [0.4, 0.5) is 0 Å². The molecule has 0 saturated carbocycles. The van der Waals surface area contributed by atoms with Crippen LogP contribution in [0, 0.1) is 0 Å². The maximum absolute atomic E-state index is 5.56. The van der Waals surface area contributed by atoms with Gasteiger partial charge < -0.3 is 10.1 Å². The molecule has 1 N–H and O–H groups in total. The Balaban J connectivity index is 1.85. The zero-order valence-corrected chi connectivity index (χ0v) is 11.2. The highest BCUT2D eigenvalue weighted by molar-refractivity contribution is 5.20. The lowest BCUT2D eigenvalue weighted by atomic mass is 10.3. The van der Waals surface area contributed by atoms with E-state index in [1.165, 1.54) is 0 Å². The first-order valence-corrected chi connectivity index (χ1v) is 6.31. The van der Waals surface area contributed by atoms with E-state index in [4.69, 9.17) is 4.74 Å². The molecule has 2 heterocycles. The molecule has 0 aliphatic rings. The van der Waals surface area contributed by atoms with Crippen LogP contribution in [0.15, 0.2) is 36.8 Å². The molecule has 0 bridgehead atoms. The van der Waals surface area contributed by atoms with Gasteiger partial charge in [0.1, 0.15) is 12.4 Å². The molecular formula is C14H18N4O. The molecule has 0 spiro atoms. The van der Waals surface area contributed by atoms with Crippen molar-refractivity contribution in [3.05, 3.63) is 48.3 Å². The van der Waals surface area contributed by atoms with Gasteiger partial charge in [0.25, 0.3) is 0 Å². The highest BCUT2D eigenvalue weighted by Crippen LogP contribution is 2.10. The number of hydrogen-bond donors (Lipinski definition) is 1. The first-order valence-electron chi connectivity index (χ1n) is 6.31. The summed E-state index contributed by atoms with van der Waals surface area (Å²) in [5, 5.41) is 3.32. The van der Waals surface area contributed by atoms with Crippen molar-refractivity contribution in [1.29, 1.82) is 0 Å². The van der Waals surface area contributed by atoms with Crippen molar-refractivity contribution in [2.45, 2.75) is 33.0 Å². The molecule has 19 heavy (non-hydrogen) atoms. The fourth-order valence-corrected chi connectivity index (χ4v) is 1.46. The Morgan fingerprint density at radius 3 is 2.58 bits per heavy atom. The summed E-state index contributed by atoms with van der Waals surface area (Å²) in [5.41, 5.74) is 0.997. The molecule has 0 fully saturated rings. The first kappa shape index (κ1) is 13.4. The van der Waals surface area contributed by atoms with E-state index in [-0.39, 0.29) is 0 Å². The number of aromatic nitrogens is 3. The second-order valence-corrected chi connectivity index (χ2v) is 4.47. The third-order valence-electron chi connectivity index (χ3n) is 2.48. The predicted molar refractivity (Wildman–Crippen MR) is 72.6 cm³/mol. The number of rotatable bonds is 6. The highest BCUT2D eigenvalue weighted by atomic mass is 16.5. The van der Waals surface area contributed by atoms with E-state index >= 15 is 0 Å². The van der Waals surface area contributed by atoms with Gasteiger partial charge in [0.05, 0.1) is 11.9 Å². The summed E-state index contributed by atoms with van der Waals surface area (Å²) in [6.45, 7) is 5.33. The van der Waals surface area contributed by atoms with E-state index in [9.17, 15) is 0 Å². The third kappa shape index (κ3) is 4.63. The minimum absolute atomic E-state index is 0.353. The second-order valence-electron chi connectivity index (χ2n) is 4.47. The van der Waals surface area contributed by atoms with E-state index in [1.54, 1.807) is 24.7 Å². The minimum atomic E-state index is 0.353. The Bertz CT molecular complexity index is 485. The summed E-state index contributed by atoms with van der Waals surface area (Å²) in [5.74, 6) is 1.38. The maximum atomic E-state index is 5.56. The van der Waals surface area contributed by atoms with Gasteiger partial charge in [-0.1, -0.05) is 13.8 Å². The van der Waals surface area contributed by atoms with Crippen LogP contribution in [-0.2, 0) is 13.2 Å². The number of hydrogen-bond acceptors (Lipinski definition) is 5. The number of pyridine rings is 1. The van der Waals surface area contributed by atoms with E-state index in [2.05, 4.69) is 34.1 Å². The van der Waals surface area contributed by atoms with Crippen LogP contribution in [0.3, 0.4) is 0 Å². The summed E-state index contributed by atoms with van der Waals surface area (Å²) in [7, 11) is 0. The quantitative estimate of drug-likeness (QED) is 0.858. The van der Waals surface area contributed by atoms with Gasteiger partial charge in [0.15, 0.2) is 5.82 Å². The highest BCUT2D eigenvalue weighted by Gasteiger charge is 2.00. The van der Waals surface area contributed by atoms with Gasteiger partial charge >= 0.3 is 0 Å². The lowest BCUT2D eigenvalue weighted by Gasteiger charge is -2.08. The zero-order chi connectivity index (χ0) is 13.5. The van der Waals surface area contributed by atoms with E-state index in [0.29, 0.717) is 18.5 Å². The van der Waals surface area contributed by atoms with Crippen LogP contribution in [0.2, 0.25) is 0 Å². The molecule has 0 aliphatic heterocycles. The van der Waals surface area contributed by atoms with Crippen LogP contribution in [-0.4, -0.2) is 21.0 Å². The number of nitrogens with one attached hydrogen (secondary N) is 1. The fraction of sp³-hybridized carbons (Fsp3) is 0.357. The molecule has 2 aromatic rings. The number of ether oxygens (including phenoxy) is 1. The largest absolute Gasteiger partial charge is 0.484 e. The van der Waals surface area contributed by atoms with Gasteiger partial charge in [-0.2, -0.15) is 0 Å². The molecule has 0 radical (unpaired) electrons. The van der Waals surface area contributed by atoms with Crippen LogP contribution in [0.25, 0.3) is 0 Å². The lowest BCUT2D eigenvalue weighted by Crippen LogP contribution is -2.22. The minimum Gasteiger partial charge on any atom is -0.484 e. The molecule has 0 amide bonds. The summed E-state index contributed by atoms with van der Waals surface area (Å²) in [6, 6.07) is 6.10. The lowest BCUT2D eigenvalue weighted by molar-refractivity contribution is 0.294. The molecule has 5 nitrogen and oxygen atoms in total. The van der Waals surface area contributed by atoms with Gasteiger partial charge in [-0.25, -0.2) is 9.97 Å². The Labute approximate surface area is 113 Å². The fourth-order valence-electron chi connectivity index (χ4n) is 1.46. The Kier molecular flexibility index (Phi) is 4.80. The third-order valence-corrected chi connectivity index (χ3v) is 2.48. The van der Waals surface area contributed by atoms with Gasteiger partial charge in [0.2, 0.25) is 0 Å². The molecule has 2 aromatic heterocycles. The Morgan fingerprint density at radius 1 is 1.16 bits per heavy atom. The average Bonchev–Trinajstić information content (AvgIpc) is 2.45. The SMILES string of the molecule is CC(C)NCc1ccc(OCc2ncccn2)cn1. The zero-order valence-electron chi connectivity index (χ0n) is 11.2. The van der Waals surface area contributed by atoms with Crippen LogP contribution in [0.5, 0.6) is 5.75 Å². The van der Waals surface area contributed by atoms with E-state index in [1.807, 2.05) is 12.1 Å². The Morgan fingerprint density at radius 2 is 1.95 bits per heavy atom. The monoisotopic (exact) mass is 258 g/mol. The normalized spacial score (nSPS) is 10.7. The molecule has 2 rings (SSSR count). The van der Waals surface area contributed by atoms with Crippen molar-refractivity contribution < 1.29 is 4.74 Å². The smallest absolute Gasteiger partial charge is 0.166 e. The molecule has 0 atom stereocenters. The van der Waals surface area contributed by atoms with Crippen LogP contribution >= 0.6 is 0 Å². The van der Waals surface area contributed by atoms with E-state index < -0.39 is 0 Å². The van der Waals surface area contributed by atoms with Gasteiger partial charge in [-0.3, -0.25) is 4.98 Å². The molecule has 0 unspecified atom stereocenters. The van der Waals surface area contributed by atoms with Gasteiger partial charge in [0, 0.05) is 25.0 Å². The van der Waals surface area contributed by atoms with Crippen LogP contribution in [0.1, 0.15) is 25.4 Å². The van der Waals surface area contributed by atoms with Crippen molar-refractivity contribution in [2.75, 3.05) is 0 Å². The van der Waals surface area contributed by atoms with Crippen molar-refractivity contribution in [2.24, 2.45) is 0 Å². The summed E-state index contributed by atoms with van der Waals surface area (Å²) >= 11 is 0. The standard InChI is InChI=1S/C14H18N4O/c1-11(2)17-8-12-4-5-13(9-18-12)19-10-14-15-6-3-7-16-14/h3-7,9,11,17H,8,10H2,1-2H3. The first-order chi connectivity index (χ1) is 9.24. The van der Waals surface area contributed by atoms with Crippen molar-refractivity contribution in [3.63, 3.8) is 0 Å². The molecule has 5 heteroatoms. The summed E-state index contributed by atoms with van der Waals surface area (Å²) < 4.78 is 5.56. The topological polar surface area (TPSA) is 59.9 Å². The summed E-state index contributed by atoms with van der Waals surface area (Å²) in [4.78, 5) is 12.5. The maximum Gasteiger partial charge on any atom is 0.166 e. The number of nitrogens with zero attached hydrogens (tertiary/aromatic N) is 3. The van der Waals surface area contributed by atoms with Gasteiger partial charge in [-0.15, -0.1) is 0 Å². The van der Waals surface area contributed by atoms with Crippen molar-refractivity contribution in [1.82, 2.24) is 20.3 Å². The average molecular weight is 258 g/mol. The van der Waals surface area contributed by atoms with E-state index in [0.717, 1.165) is 18.0 Å². The molecule has 0 aromatic carbocycles. The second kappa shape index (κ2) is 6.80. The molecule has 100 valence electrons. The van der Waals surface area contributed by atoms with Crippen molar-refractivity contribution in [3.8, 4) is 5.75 Å². The predicted octanol–water partition coefficient (Wildman–Crippen LogP) is 1.95. The van der Waals surface area contributed by atoms with Gasteiger partial charge in [-0.05, 0) is 18.2 Å². The molecule has 0 aliphatic carbocycles. The van der Waals surface area contributed by atoms with Crippen LogP contribution < -0.4 is 10.1 Å².